The number of para-hydroxylation sites is 1. The van der Waals surface area contributed by atoms with Gasteiger partial charge < -0.3 is 15.0 Å². The highest BCUT2D eigenvalue weighted by Gasteiger charge is 2.30. The molecule has 178 valence electrons. The Bertz CT molecular complexity index is 1290. The summed E-state index contributed by atoms with van der Waals surface area (Å²) >= 11 is 0. The fourth-order valence-electron chi connectivity index (χ4n) is 4.06. The van der Waals surface area contributed by atoms with Crippen LogP contribution in [0.2, 0.25) is 0 Å². The molecule has 5 rings (SSSR count). The van der Waals surface area contributed by atoms with E-state index >= 15 is 0 Å². The van der Waals surface area contributed by atoms with Gasteiger partial charge in [-0.25, -0.2) is 4.39 Å². The molecule has 1 aliphatic rings. The number of aromatic nitrogens is 2. The number of hydrogen-bond donors (Lipinski definition) is 1. The molecule has 0 saturated carbocycles. The number of carbonyl (C=O) groups excluding carboxylic acids is 1. The Morgan fingerprint density at radius 1 is 1.06 bits per heavy atom. The smallest absolute Gasteiger partial charge is 0.260 e. The molecule has 1 amide bonds. The largest absolute Gasteiger partial charge is 0.439 e. The molecule has 4 aromatic rings. The number of rotatable bonds is 4. The SMILES string of the molecule is Cc1ccc(F)cc1Oc1c(C(=O)N2CCNCC2)c2cnccc2n1-c1ccccc1.Cl.Cl. The van der Waals surface area contributed by atoms with Gasteiger partial charge in [-0.15, -0.1) is 24.8 Å². The van der Waals surface area contributed by atoms with Gasteiger partial charge in [-0.05, 0) is 36.8 Å². The quantitative estimate of drug-likeness (QED) is 0.419. The predicted molar refractivity (Wildman–Crippen MR) is 136 cm³/mol. The topological polar surface area (TPSA) is 59.4 Å². The summed E-state index contributed by atoms with van der Waals surface area (Å²) in [6.07, 6.45) is 3.38. The lowest BCUT2D eigenvalue weighted by atomic mass is 10.1. The highest BCUT2D eigenvalue weighted by molar-refractivity contribution is 6.10. The van der Waals surface area contributed by atoms with E-state index in [4.69, 9.17) is 4.74 Å². The number of aryl methyl sites for hydroxylation is 1. The van der Waals surface area contributed by atoms with E-state index in [0.717, 1.165) is 29.9 Å². The van der Waals surface area contributed by atoms with Gasteiger partial charge in [0.25, 0.3) is 5.91 Å². The van der Waals surface area contributed by atoms with Crippen LogP contribution in [-0.2, 0) is 0 Å². The number of piperazine rings is 1. The minimum absolute atomic E-state index is 0. The van der Waals surface area contributed by atoms with Crippen LogP contribution in [0, 0.1) is 12.7 Å². The van der Waals surface area contributed by atoms with Crippen molar-refractivity contribution in [3.63, 3.8) is 0 Å². The number of pyridine rings is 1. The van der Waals surface area contributed by atoms with Gasteiger partial charge in [0.2, 0.25) is 5.88 Å². The summed E-state index contributed by atoms with van der Waals surface area (Å²) in [6, 6.07) is 16.0. The van der Waals surface area contributed by atoms with Crippen LogP contribution in [0.4, 0.5) is 4.39 Å². The van der Waals surface area contributed by atoms with E-state index in [1.165, 1.54) is 12.1 Å². The lowest BCUT2D eigenvalue weighted by molar-refractivity contribution is 0.0735. The Balaban J connectivity index is 0.00000162. The van der Waals surface area contributed by atoms with Crippen LogP contribution in [-0.4, -0.2) is 46.5 Å². The summed E-state index contributed by atoms with van der Waals surface area (Å²) in [6.45, 7) is 4.54. The van der Waals surface area contributed by atoms with E-state index in [1.807, 2.05) is 52.8 Å². The monoisotopic (exact) mass is 502 g/mol. The standard InChI is InChI=1S/C25H23FN4O2.2ClH/c1-17-7-8-18(26)15-22(17)32-25-23(24(31)29-13-11-27-12-14-29)20-16-28-10-9-21(20)30(25)19-5-3-2-4-6-19;;/h2-10,15-16,27H,11-14H2,1H3;2*1H. The number of fused-ring (bicyclic) bond motifs is 1. The molecule has 1 fully saturated rings. The zero-order valence-corrected chi connectivity index (χ0v) is 20.2. The van der Waals surface area contributed by atoms with Crippen molar-refractivity contribution in [3.8, 4) is 17.3 Å². The summed E-state index contributed by atoms with van der Waals surface area (Å²) in [5, 5.41) is 3.97. The third-order valence-electron chi connectivity index (χ3n) is 5.71. The molecule has 1 N–H and O–H groups in total. The van der Waals surface area contributed by atoms with Gasteiger partial charge in [0.05, 0.1) is 5.52 Å². The second-order valence-electron chi connectivity index (χ2n) is 7.80. The molecule has 34 heavy (non-hydrogen) atoms. The number of halogens is 3. The van der Waals surface area contributed by atoms with Crippen LogP contribution in [0.15, 0.2) is 67.0 Å². The zero-order chi connectivity index (χ0) is 22.1. The summed E-state index contributed by atoms with van der Waals surface area (Å²) in [5.41, 5.74) is 2.85. The lowest BCUT2D eigenvalue weighted by Crippen LogP contribution is -2.46. The van der Waals surface area contributed by atoms with Crippen LogP contribution in [0.5, 0.6) is 11.6 Å². The first-order valence-corrected chi connectivity index (χ1v) is 10.6. The van der Waals surface area contributed by atoms with Crippen molar-refractivity contribution in [2.24, 2.45) is 0 Å². The molecule has 2 aromatic carbocycles. The van der Waals surface area contributed by atoms with Crippen molar-refractivity contribution in [2.75, 3.05) is 26.2 Å². The second-order valence-corrected chi connectivity index (χ2v) is 7.80. The number of carbonyl (C=O) groups is 1. The van der Waals surface area contributed by atoms with E-state index < -0.39 is 5.82 Å². The molecule has 0 spiro atoms. The average molecular weight is 503 g/mol. The Morgan fingerprint density at radius 3 is 2.53 bits per heavy atom. The highest BCUT2D eigenvalue weighted by Crippen LogP contribution is 2.39. The van der Waals surface area contributed by atoms with Crippen LogP contribution < -0.4 is 10.1 Å². The number of amides is 1. The summed E-state index contributed by atoms with van der Waals surface area (Å²) in [4.78, 5) is 19.8. The molecule has 3 heterocycles. The maximum Gasteiger partial charge on any atom is 0.260 e. The minimum atomic E-state index is -0.398. The van der Waals surface area contributed by atoms with E-state index in [0.29, 0.717) is 35.7 Å². The molecule has 0 aliphatic carbocycles. The van der Waals surface area contributed by atoms with Crippen LogP contribution in [0.1, 0.15) is 15.9 Å². The molecule has 1 aliphatic heterocycles. The summed E-state index contributed by atoms with van der Waals surface area (Å²) in [5.74, 6) is 0.205. The number of ether oxygens (including phenoxy) is 1. The maximum absolute atomic E-state index is 14.0. The zero-order valence-electron chi connectivity index (χ0n) is 18.5. The van der Waals surface area contributed by atoms with Crippen molar-refractivity contribution in [2.45, 2.75) is 6.92 Å². The number of nitrogens with zero attached hydrogens (tertiary/aromatic N) is 3. The van der Waals surface area contributed by atoms with Crippen molar-refractivity contribution >= 4 is 41.6 Å². The molecular formula is C25H25Cl2FN4O2. The van der Waals surface area contributed by atoms with Gasteiger partial charge in [0.15, 0.2) is 0 Å². The Hall–Kier alpha value is -3.13. The second kappa shape index (κ2) is 10.9. The first-order valence-electron chi connectivity index (χ1n) is 10.6. The third kappa shape index (κ3) is 4.73. The van der Waals surface area contributed by atoms with Crippen molar-refractivity contribution < 1.29 is 13.9 Å². The summed E-state index contributed by atoms with van der Waals surface area (Å²) < 4.78 is 22.3. The maximum atomic E-state index is 14.0. The fraction of sp³-hybridized carbons (Fsp3) is 0.200. The predicted octanol–water partition coefficient (Wildman–Crippen LogP) is 5.15. The van der Waals surface area contributed by atoms with Crippen molar-refractivity contribution in [1.29, 1.82) is 0 Å². The van der Waals surface area contributed by atoms with Crippen LogP contribution >= 0.6 is 24.8 Å². The molecule has 0 unspecified atom stereocenters. The molecule has 2 aromatic heterocycles. The Morgan fingerprint density at radius 2 is 1.79 bits per heavy atom. The molecule has 0 atom stereocenters. The molecular weight excluding hydrogens is 478 g/mol. The Kier molecular flexibility index (Phi) is 8.15. The first kappa shape index (κ1) is 25.5. The van der Waals surface area contributed by atoms with Gasteiger partial charge in [0.1, 0.15) is 17.1 Å². The molecule has 6 nitrogen and oxygen atoms in total. The Labute approximate surface area is 209 Å². The number of nitrogens with one attached hydrogen (secondary N) is 1. The van der Waals surface area contributed by atoms with Gasteiger partial charge in [-0.3, -0.25) is 14.3 Å². The third-order valence-corrected chi connectivity index (χ3v) is 5.71. The van der Waals surface area contributed by atoms with Gasteiger partial charge in [-0.2, -0.15) is 0 Å². The number of hydrogen-bond acceptors (Lipinski definition) is 4. The fourth-order valence-corrected chi connectivity index (χ4v) is 4.06. The van der Waals surface area contributed by atoms with Crippen LogP contribution in [0.25, 0.3) is 16.6 Å². The minimum Gasteiger partial charge on any atom is -0.439 e. The van der Waals surface area contributed by atoms with Gasteiger partial charge in [-0.1, -0.05) is 24.3 Å². The summed E-state index contributed by atoms with van der Waals surface area (Å²) in [7, 11) is 0. The van der Waals surface area contributed by atoms with E-state index in [-0.39, 0.29) is 30.7 Å². The van der Waals surface area contributed by atoms with Crippen molar-refractivity contribution in [3.05, 3.63) is 83.9 Å². The molecule has 9 heteroatoms. The van der Waals surface area contributed by atoms with Gasteiger partial charge in [0, 0.05) is 55.7 Å². The molecule has 1 saturated heterocycles. The van der Waals surface area contributed by atoms with Crippen LogP contribution in [0.3, 0.4) is 0 Å². The van der Waals surface area contributed by atoms with Crippen molar-refractivity contribution in [1.82, 2.24) is 19.8 Å². The first-order chi connectivity index (χ1) is 15.6. The van der Waals surface area contributed by atoms with E-state index in [1.54, 1.807) is 18.5 Å². The van der Waals surface area contributed by atoms with Gasteiger partial charge >= 0.3 is 0 Å². The highest BCUT2D eigenvalue weighted by atomic mass is 35.5. The number of benzene rings is 2. The molecule has 0 radical (unpaired) electrons. The normalized spacial score (nSPS) is 13.2. The molecule has 0 bridgehead atoms. The van der Waals surface area contributed by atoms with E-state index in [9.17, 15) is 9.18 Å². The lowest BCUT2D eigenvalue weighted by Gasteiger charge is -2.27. The van der Waals surface area contributed by atoms with E-state index in [2.05, 4.69) is 10.3 Å². The average Bonchev–Trinajstić information content (AvgIpc) is 3.15.